The van der Waals surface area contributed by atoms with Crippen molar-refractivity contribution in [2.24, 2.45) is 17.8 Å². The molecule has 0 aromatic heterocycles. The lowest BCUT2D eigenvalue weighted by molar-refractivity contribution is -0.139. The van der Waals surface area contributed by atoms with Gasteiger partial charge < -0.3 is 29.5 Å². The summed E-state index contributed by atoms with van der Waals surface area (Å²) in [6, 6.07) is 5.72. The van der Waals surface area contributed by atoms with Gasteiger partial charge in [0.05, 0.1) is 12.7 Å². The number of fused-ring (bicyclic) bond motifs is 2. The molecule has 0 unspecified atom stereocenters. The third-order valence-electron chi connectivity index (χ3n) is 6.53. The van der Waals surface area contributed by atoms with E-state index < -0.39 is 12.1 Å². The predicted octanol–water partition coefficient (Wildman–Crippen LogP) is 2.57. The van der Waals surface area contributed by atoms with E-state index in [1.54, 1.807) is 6.07 Å². The first-order chi connectivity index (χ1) is 14.9. The minimum Gasteiger partial charge on any atom is -0.482 e. The van der Waals surface area contributed by atoms with Crippen LogP contribution in [0.1, 0.15) is 43.7 Å². The molecule has 0 amide bonds. The zero-order valence-corrected chi connectivity index (χ0v) is 17.9. The topological polar surface area (TPSA) is 123 Å². The predicted molar refractivity (Wildman–Crippen MR) is 111 cm³/mol. The van der Waals surface area contributed by atoms with Crippen molar-refractivity contribution in [1.29, 1.82) is 0 Å². The first-order valence-corrected chi connectivity index (χ1v) is 11.0. The number of aliphatic carboxylic acids is 1. The highest BCUT2D eigenvalue weighted by molar-refractivity contribution is 5.68. The molecule has 8 nitrogen and oxygen atoms in total. The number of hydrogen-bond donors (Lipinski definition) is 3. The van der Waals surface area contributed by atoms with Gasteiger partial charge >= 0.3 is 12.1 Å². The van der Waals surface area contributed by atoms with Crippen molar-refractivity contribution in [2.45, 2.75) is 57.7 Å². The minimum atomic E-state index is -1.02. The minimum absolute atomic E-state index is 0.102. The Bertz CT molecular complexity index is 764. The fourth-order valence-electron chi connectivity index (χ4n) is 5.06. The summed E-state index contributed by atoms with van der Waals surface area (Å²) in [4.78, 5) is 23.0. The van der Waals surface area contributed by atoms with E-state index in [1.807, 2.05) is 19.1 Å². The molecule has 1 aromatic rings. The van der Waals surface area contributed by atoms with Gasteiger partial charge in [-0.05, 0) is 73.5 Å². The molecule has 0 saturated heterocycles. The van der Waals surface area contributed by atoms with E-state index in [9.17, 15) is 14.7 Å². The molecule has 1 fully saturated rings. The maximum absolute atomic E-state index is 12.0. The number of hydrogen-bond acceptors (Lipinski definition) is 7. The van der Waals surface area contributed by atoms with Gasteiger partial charge in [0.2, 0.25) is 0 Å². The van der Waals surface area contributed by atoms with Crippen LogP contribution in [0.15, 0.2) is 18.2 Å². The van der Waals surface area contributed by atoms with E-state index in [-0.39, 0.29) is 43.9 Å². The molecule has 0 bridgehead atoms. The van der Waals surface area contributed by atoms with Gasteiger partial charge in [-0.1, -0.05) is 19.1 Å². The monoisotopic (exact) mass is 436 g/mol. The van der Waals surface area contributed by atoms with Gasteiger partial charge in [-0.25, -0.2) is 9.59 Å². The van der Waals surface area contributed by atoms with Crippen molar-refractivity contribution < 1.29 is 39.1 Å². The molecule has 1 aromatic carbocycles. The molecule has 3 N–H and O–H groups in total. The number of carboxylic acids is 1. The van der Waals surface area contributed by atoms with Crippen LogP contribution in [0.4, 0.5) is 4.79 Å². The van der Waals surface area contributed by atoms with Crippen LogP contribution >= 0.6 is 0 Å². The SMILES string of the molecule is CC[C@H](O)CC[C@@H]1[C@H]2Cc3cccc(OCC(=O)O)c3C[C@H]2C[C@H]1OC(=O)OCCO. The van der Waals surface area contributed by atoms with Crippen molar-refractivity contribution in [3.05, 3.63) is 29.3 Å². The second kappa shape index (κ2) is 10.8. The fourth-order valence-corrected chi connectivity index (χ4v) is 5.06. The number of carbonyl (C=O) groups is 2. The number of ether oxygens (including phenoxy) is 3. The Hall–Kier alpha value is -2.32. The number of benzene rings is 1. The summed E-state index contributed by atoms with van der Waals surface area (Å²) in [6.45, 7) is 1.20. The van der Waals surface area contributed by atoms with Gasteiger partial charge in [0, 0.05) is 0 Å². The third-order valence-corrected chi connectivity index (χ3v) is 6.53. The van der Waals surface area contributed by atoms with Gasteiger partial charge in [0.15, 0.2) is 6.61 Å². The summed E-state index contributed by atoms with van der Waals surface area (Å²) in [5, 5.41) is 27.9. The summed E-state index contributed by atoms with van der Waals surface area (Å²) in [7, 11) is 0. The Morgan fingerprint density at radius 3 is 2.77 bits per heavy atom. The van der Waals surface area contributed by atoms with Gasteiger partial charge in [0.25, 0.3) is 0 Å². The number of carbonyl (C=O) groups excluding carboxylic acids is 1. The highest BCUT2D eigenvalue weighted by Crippen LogP contribution is 2.49. The van der Waals surface area contributed by atoms with Crippen molar-refractivity contribution in [3.63, 3.8) is 0 Å². The molecule has 0 heterocycles. The zero-order valence-electron chi connectivity index (χ0n) is 17.9. The molecule has 172 valence electrons. The van der Waals surface area contributed by atoms with E-state index in [0.717, 1.165) is 30.4 Å². The van der Waals surface area contributed by atoms with Crippen LogP contribution in [0.2, 0.25) is 0 Å². The normalized spacial score (nSPS) is 25.3. The van der Waals surface area contributed by atoms with Crippen LogP contribution in [-0.2, 0) is 27.1 Å². The smallest absolute Gasteiger partial charge is 0.482 e. The maximum atomic E-state index is 12.0. The molecule has 3 rings (SSSR count). The van der Waals surface area contributed by atoms with Crippen LogP contribution in [0, 0.1) is 17.8 Å². The van der Waals surface area contributed by atoms with E-state index in [2.05, 4.69) is 0 Å². The van der Waals surface area contributed by atoms with E-state index in [1.165, 1.54) is 0 Å². The van der Waals surface area contributed by atoms with Gasteiger partial charge in [-0.3, -0.25) is 0 Å². The summed E-state index contributed by atoms with van der Waals surface area (Å²) >= 11 is 0. The lowest BCUT2D eigenvalue weighted by atomic mass is 9.73. The highest BCUT2D eigenvalue weighted by atomic mass is 16.7. The lowest BCUT2D eigenvalue weighted by Gasteiger charge is -2.32. The molecule has 1 saturated carbocycles. The van der Waals surface area contributed by atoms with Crippen LogP contribution in [0.5, 0.6) is 5.75 Å². The Labute approximate surface area is 182 Å². The summed E-state index contributed by atoms with van der Waals surface area (Å²) in [6.07, 6.45) is 2.80. The van der Waals surface area contributed by atoms with Crippen LogP contribution in [-0.4, -0.2) is 59.5 Å². The Balaban J connectivity index is 1.76. The average molecular weight is 437 g/mol. The molecule has 0 radical (unpaired) electrons. The Kier molecular flexibility index (Phi) is 8.15. The summed E-state index contributed by atoms with van der Waals surface area (Å²) < 4.78 is 16.0. The molecule has 0 aliphatic heterocycles. The van der Waals surface area contributed by atoms with Crippen molar-refractivity contribution >= 4 is 12.1 Å². The first kappa shape index (κ1) is 23.3. The Morgan fingerprint density at radius 2 is 2.06 bits per heavy atom. The molecule has 31 heavy (non-hydrogen) atoms. The second-order valence-electron chi connectivity index (χ2n) is 8.43. The molecule has 5 atom stereocenters. The van der Waals surface area contributed by atoms with Gasteiger partial charge in [-0.2, -0.15) is 0 Å². The number of aliphatic hydroxyl groups is 2. The average Bonchev–Trinajstić information content (AvgIpc) is 3.08. The molecule has 2 aliphatic rings. The fraction of sp³-hybridized carbons (Fsp3) is 0.652. The van der Waals surface area contributed by atoms with Gasteiger partial charge in [-0.15, -0.1) is 0 Å². The Morgan fingerprint density at radius 1 is 1.26 bits per heavy atom. The lowest BCUT2D eigenvalue weighted by Crippen LogP contribution is -2.30. The van der Waals surface area contributed by atoms with E-state index >= 15 is 0 Å². The van der Waals surface area contributed by atoms with Crippen LogP contribution < -0.4 is 4.74 Å². The standard InChI is InChI=1S/C23H32O8/c1-2-16(25)6-7-17-18-10-14-4-3-5-20(30-13-22(26)27)19(14)11-15(18)12-21(17)31-23(28)29-9-8-24/h3-5,15-18,21,24-25H,2,6-13H2,1H3,(H,26,27)/t15-,16-,17+,18-,21+/m0/s1. The van der Waals surface area contributed by atoms with Crippen LogP contribution in [0.25, 0.3) is 0 Å². The van der Waals surface area contributed by atoms with Crippen molar-refractivity contribution in [3.8, 4) is 5.75 Å². The van der Waals surface area contributed by atoms with E-state index in [0.29, 0.717) is 30.9 Å². The quantitative estimate of drug-likeness (QED) is 0.478. The largest absolute Gasteiger partial charge is 0.508 e. The molecule has 0 spiro atoms. The zero-order chi connectivity index (χ0) is 22.4. The number of carboxylic acid groups (broad SMARTS) is 1. The van der Waals surface area contributed by atoms with Gasteiger partial charge in [0.1, 0.15) is 18.5 Å². The third kappa shape index (κ3) is 5.89. The highest BCUT2D eigenvalue weighted by Gasteiger charge is 2.47. The maximum Gasteiger partial charge on any atom is 0.508 e. The summed E-state index contributed by atoms with van der Waals surface area (Å²) in [5.41, 5.74) is 2.16. The molecule has 2 aliphatic carbocycles. The molecular formula is C23H32O8. The van der Waals surface area contributed by atoms with Crippen molar-refractivity contribution in [1.82, 2.24) is 0 Å². The number of aliphatic hydroxyl groups excluding tert-OH is 2. The summed E-state index contributed by atoms with van der Waals surface area (Å²) in [5.74, 6) is 0.243. The van der Waals surface area contributed by atoms with Crippen molar-refractivity contribution in [2.75, 3.05) is 19.8 Å². The molecule has 8 heteroatoms. The second-order valence-corrected chi connectivity index (χ2v) is 8.43. The van der Waals surface area contributed by atoms with E-state index in [4.69, 9.17) is 24.4 Å². The van der Waals surface area contributed by atoms with Crippen LogP contribution in [0.3, 0.4) is 0 Å². The first-order valence-electron chi connectivity index (χ1n) is 11.0. The number of rotatable bonds is 10. The molecular weight excluding hydrogens is 404 g/mol.